The Kier molecular flexibility index (Phi) is 4.78. The van der Waals surface area contributed by atoms with E-state index in [4.69, 9.17) is 0 Å². The van der Waals surface area contributed by atoms with Crippen molar-refractivity contribution in [3.05, 3.63) is 53.9 Å². The van der Waals surface area contributed by atoms with E-state index in [1.807, 2.05) is 0 Å². The maximum atomic E-state index is 12.0. The Morgan fingerprint density at radius 2 is 2.05 bits per heavy atom. The van der Waals surface area contributed by atoms with Crippen molar-refractivity contribution >= 4 is 28.5 Å². The molecule has 0 bridgehead atoms. The zero-order chi connectivity index (χ0) is 15.2. The molecule has 0 aliphatic rings. The van der Waals surface area contributed by atoms with Gasteiger partial charge < -0.3 is 5.32 Å². The molecule has 1 aromatic heterocycles. The van der Waals surface area contributed by atoms with E-state index in [1.54, 1.807) is 31.2 Å². The molecule has 7 heteroatoms. The lowest BCUT2D eigenvalue weighted by atomic mass is 10.1. The predicted octanol–water partition coefficient (Wildman–Crippen LogP) is 1.90. The highest BCUT2D eigenvalue weighted by Crippen LogP contribution is 2.12. The molecular weight excluding hydrogens is 288 g/mol. The monoisotopic (exact) mass is 302 g/mol. The van der Waals surface area contributed by atoms with Crippen molar-refractivity contribution < 1.29 is 9.59 Å². The second kappa shape index (κ2) is 6.76. The normalized spacial score (nSPS) is 9.95. The van der Waals surface area contributed by atoms with Crippen LogP contribution in [0.1, 0.15) is 21.7 Å². The molecule has 1 aromatic carbocycles. The van der Waals surface area contributed by atoms with Crippen molar-refractivity contribution in [3.8, 4) is 0 Å². The summed E-state index contributed by atoms with van der Waals surface area (Å²) in [5.41, 5.74) is 1.41. The van der Waals surface area contributed by atoms with Gasteiger partial charge in [0.2, 0.25) is 11.0 Å². The van der Waals surface area contributed by atoms with Crippen molar-refractivity contribution in [2.45, 2.75) is 13.5 Å². The number of rotatable bonds is 5. The molecule has 0 radical (unpaired) electrons. The average molecular weight is 302 g/mol. The molecule has 2 rings (SSSR count). The first-order valence-corrected chi connectivity index (χ1v) is 6.96. The van der Waals surface area contributed by atoms with Gasteiger partial charge >= 0.3 is 0 Å². The van der Waals surface area contributed by atoms with Crippen molar-refractivity contribution in [1.82, 2.24) is 14.7 Å². The molecule has 0 fully saturated rings. The van der Waals surface area contributed by atoms with Crippen molar-refractivity contribution in [2.75, 3.05) is 5.32 Å². The van der Waals surface area contributed by atoms with Crippen LogP contribution in [0.2, 0.25) is 0 Å². The van der Waals surface area contributed by atoms with Gasteiger partial charge in [-0.1, -0.05) is 18.7 Å². The summed E-state index contributed by atoms with van der Waals surface area (Å²) in [5.74, 6) is 0.153. The molecule has 21 heavy (non-hydrogen) atoms. The largest absolute Gasteiger partial charge is 0.348 e. The lowest BCUT2D eigenvalue weighted by molar-refractivity contribution is -0.116. The van der Waals surface area contributed by atoms with Crippen molar-refractivity contribution in [1.29, 1.82) is 0 Å². The van der Waals surface area contributed by atoms with E-state index in [1.165, 1.54) is 6.08 Å². The van der Waals surface area contributed by atoms with E-state index in [-0.39, 0.29) is 11.8 Å². The summed E-state index contributed by atoms with van der Waals surface area (Å²) < 4.78 is 3.99. The second-order valence-corrected chi connectivity index (χ2v) is 4.97. The summed E-state index contributed by atoms with van der Waals surface area (Å²) in [5, 5.41) is 5.82. The number of nitrogens with one attached hydrogen (secondary N) is 2. The van der Waals surface area contributed by atoms with Crippen LogP contribution in [0.15, 0.2) is 36.9 Å². The second-order valence-electron chi connectivity index (χ2n) is 4.22. The van der Waals surface area contributed by atoms with Crippen LogP contribution in [0.5, 0.6) is 0 Å². The fourth-order valence-electron chi connectivity index (χ4n) is 1.55. The minimum atomic E-state index is -0.243. The summed E-state index contributed by atoms with van der Waals surface area (Å²) in [6.07, 6.45) is 1.21. The molecular formula is C14H14N4O2S. The first-order valence-electron chi connectivity index (χ1n) is 6.19. The molecule has 0 atom stereocenters. The van der Waals surface area contributed by atoms with Gasteiger partial charge in [0.25, 0.3) is 5.91 Å². The van der Waals surface area contributed by atoms with E-state index in [0.29, 0.717) is 23.1 Å². The third kappa shape index (κ3) is 4.22. The summed E-state index contributed by atoms with van der Waals surface area (Å²) in [6, 6.07) is 6.95. The maximum Gasteiger partial charge on any atom is 0.257 e. The number of hydrogen-bond donors (Lipinski definition) is 2. The fraction of sp³-hybridized carbons (Fsp3) is 0.143. The Morgan fingerprint density at radius 3 is 2.62 bits per heavy atom. The van der Waals surface area contributed by atoms with Crippen LogP contribution in [-0.2, 0) is 11.3 Å². The van der Waals surface area contributed by atoms with E-state index in [0.717, 1.165) is 17.1 Å². The number of aryl methyl sites for hydroxylation is 1. The summed E-state index contributed by atoms with van der Waals surface area (Å²) in [4.78, 5) is 27.1. The molecule has 0 saturated heterocycles. The Hall–Kier alpha value is -2.54. The molecule has 2 N–H and O–H groups in total. The highest BCUT2D eigenvalue weighted by molar-refractivity contribution is 7.09. The molecule has 0 unspecified atom stereocenters. The lowest BCUT2D eigenvalue weighted by Crippen LogP contribution is -2.20. The van der Waals surface area contributed by atoms with Gasteiger partial charge in [0.1, 0.15) is 5.82 Å². The van der Waals surface area contributed by atoms with Crippen LogP contribution in [0, 0.1) is 6.92 Å². The highest BCUT2D eigenvalue weighted by atomic mass is 32.1. The number of amides is 2. The van der Waals surface area contributed by atoms with E-state index in [2.05, 4.69) is 26.6 Å². The SMILES string of the molecule is C=CC(=O)NCc1ccc(C(=O)Nc2nc(C)ns2)cc1. The Balaban J connectivity index is 1.96. The third-order valence-electron chi connectivity index (χ3n) is 2.62. The number of anilines is 1. The third-order valence-corrected chi connectivity index (χ3v) is 3.34. The van der Waals surface area contributed by atoms with Crippen LogP contribution < -0.4 is 10.6 Å². The molecule has 1 heterocycles. The van der Waals surface area contributed by atoms with Crippen LogP contribution >= 0.6 is 11.5 Å². The smallest absolute Gasteiger partial charge is 0.257 e. The minimum absolute atomic E-state index is 0.233. The average Bonchev–Trinajstić information content (AvgIpc) is 2.90. The number of aromatic nitrogens is 2. The zero-order valence-corrected chi connectivity index (χ0v) is 12.2. The minimum Gasteiger partial charge on any atom is -0.348 e. The molecule has 0 spiro atoms. The number of nitrogens with zero attached hydrogens (tertiary/aromatic N) is 2. The lowest BCUT2D eigenvalue weighted by Gasteiger charge is -2.05. The van der Waals surface area contributed by atoms with Gasteiger partial charge in [0, 0.05) is 23.6 Å². The highest BCUT2D eigenvalue weighted by Gasteiger charge is 2.08. The number of carbonyl (C=O) groups excluding carboxylic acids is 2. The number of carbonyl (C=O) groups is 2. The maximum absolute atomic E-state index is 12.0. The van der Waals surface area contributed by atoms with Gasteiger partial charge in [0.05, 0.1) is 0 Å². The summed E-state index contributed by atoms with van der Waals surface area (Å²) >= 11 is 1.14. The fourth-order valence-corrected chi connectivity index (χ4v) is 2.12. The van der Waals surface area contributed by atoms with Gasteiger partial charge in [0.15, 0.2) is 0 Å². The molecule has 0 aliphatic carbocycles. The molecule has 6 nitrogen and oxygen atoms in total. The molecule has 108 valence electrons. The molecule has 0 aliphatic heterocycles. The standard InChI is InChI=1S/C14H14N4O2S/c1-3-12(19)15-8-10-4-6-11(7-5-10)13(20)17-14-16-9(2)18-21-14/h3-7H,1,8H2,2H3,(H,15,19)(H,16,17,18,20). The Morgan fingerprint density at radius 1 is 1.33 bits per heavy atom. The van der Waals surface area contributed by atoms with Crippen LogP contribution in [0.25, 0.3) is 0 Å². The van der Waals surface area contributed by atoms with Crippen LogP contribution in [0.3, 0.4) is 0 Å². The first kappa shape index (κ1) is 14.9. The summed E-state index contributed by atoms with van der Waals surface area (Å²) in [6.45, 7) is 5.53. The van der Waals surface area contributed by atoms with E-state index in [9.17, 15) is 9.59 Å². The van der Waals surface area contributed by atoms with Crippen molar-refractivity contribution in [3.63, 3.8) is 0 Å². The Bertz CT molecular complexity index is 664. The molecule has 2 aromatic rings. The van der Waals surface area contributed by atoms with Gasteiger partial charge in [-0.3, -0.25) is 14.9 Å². The predicted molar refractivity (Wildman–Crippen MR) is 81.1 cm³/mol. The van der Waals surface area contributed by atoms with Gasteiger partial charge in [-0.15, -0.1) is 0 Å². The molecule has 2 amide bonds. The quantitative estimate of drug-likeness (QED) is 0.826. The van der Waals surface area contributed by atoms with Gasteiger partial charge in [-0.2, -0.15) is 4.37 Å². The summed E-state index contributed by atoms with van der Waals surface area (Å²) in [7, 11) is 0. The Labute approximate surface area is 126 Å². The number of hydrogen-bond acceptors (Lipinski definition) is 5. The van der Waals surface area contributed by atoms with E-state index >= 15 is 0 Å². The zero-order valence-electron chi connectivity index (χ0n) is 11.4. The van der Waals surface area contributed by atoms with Gasteiger partial charge in [-0.05, 0) is 30.7 Å². The topological polar surface area (TPSA) is 84.0 Å². The van der Waals surface area contributed by atoms with Crippen molar-refractivity contribution in [2.24, 2.45) is 0 Å². The van der Waals surface area contributed by atoms with Crippen LogP contribution in [-0.4, -0.2) is 21.2 Å². The van der Waals surface area contributed by atoms with Crippen LogP contribution in [0.4, 0.5) is 5.13 Å². The molecule has 0 saturated carbocycles. The van der Waals surface area contributed by atoms with Gasteiger partial charge in [-0.25, -0.2) is 4.98 Å². The van der Waals surface area contributed by atoms with E-state index < -0.39 is 0 Å². The first-order chi connectivity index (χ1) is 10.1. The number of benzene rings is 1.